The Hall–Kier alpha value is -2.82. The zero-order valence-electron chi connectivity index (χ0n) is 14.7. The van der Waals surface area contributed by atoms with E-state index in [4.69, 9.17) is 10.00 Å². The van der Waals surface area contributed by atoms with E-state index in [9.17, 15) is 14.9 Å². The van der Waals surface area contributed by atoms with Gasteiger partial charge < -0.3 is 14.5 Å². The maximum absolute atomic E-state index is 12.1. The average molecular weight is 346 g/mol. The highest BCUT2D eigenvalue weighted by molar-refractivity contribution is 5.68. The van der Waals surface area contributed by atoms with E-state index >= 15 is 0 Å². The lowest BCUT2D eigenvalue weighted by Crippen LogP contribution is -2.50. The molecule has 1 aliphatic heterocycles. The molecule has 1 aromatic carbocycles. The van der Waals surface area contributed by atoms with E-state index in [1.807, 2.05) is 31.7 Å². The number of amides is 1. The molecule has 1 fully saturated rings. The molecule has 1 heterocycles. The first-order valence-electron chi connectivity index (χ1n) is 8.08. The van der Waals surface area contributed by atoms with Gasteiger partial charge in [0, 0.05) is 43.5 Å². The second-order valence-electron chi connectivity index (χ2n) is 6.86. The number of anilines is 1. The Morgan fingerprint density at radius 2 is 1.96 bits per heavy atom. The van der Waals surface area contributed by atoms with Crippen LogP contribution in [0.3, 0.4) is 0 Å². The molecule has 2 rings (SSSR count). The van der Waals surface area contributed by atoms with Crippen molar-refractivity contribution in [2.24, 2.45) is 0 Å². The quantitative estimate of drug-likeness (QED) is 0.616. The predicted octanol–water partition coefficient (Wildman–Crippen LogP) is 2.72. The van der Waals surface area contributed by atoms with E-state index in [-0.39, 0.29) is 18.2 Å². The molecule has 1 amide bonds. The summed E-state index contributed by atoms with van der Waals surface area (Å²) >= 11 is 0. The highest BCUT2D eigenvalue weighted by Gasteiger charge is 2.26. The number of ether oxygens (including phenoxy) is 1. The largest absolute Gasteiger partial charge is 0.444 e. The highest BCUT2D eigenvalue weighted by atomic mass is 16.6. The van der Waals surface area contributed by atoms with Crippen LogP contribution >= 0.6 is 0 Å². The Balaban J connectivity index is 2.05. The maximum atomic E-state index is 12.1. The van der Waals surface area contributed by atoms with Crippen molar-refractivity contribution in [1.82, 2.24) is 4.90 Å². The minimum Gasteiger partial charge on any atom is -0.444 e. The van der Waals surface area contributed by atoms with Crippen LogP contribution in [0.15, 0.2) is 18.2 Å². The van der Waals surface area contributed by atoms with Crippen LogP contribution in [-0.2, 0) is 11.2 Å². The first-order chi connectivity index (χ1) is 11.7. The van der Waals surface area contributed by atoms with Crippen LogP contribution in [0.4, 0.5) is 16.2 Å². The van der Waals surface area contributed by atoms with Crippen LogP contribution in [0.2, 0.25) is 0 Å². The maximum Gasteiger partial charge on any atom is 0.410 e. The summed E-state index contributed by atoms with van der Waals surface area (Å²) in [5, 5.41) is 19.9. The van der Waals surface area contributed by atoms with Gasteiger partial charge in [-0.15, -0.1) is 0 Å². The molecule has 1 aromatic rings. The predicted molar refractivity (Wildman–Crippen MR) is 92.4 cm³/mol. The normalized spacial score (nSPS) is 14.8. The Kier molecular flexibility index (Phi) is 5.47. The van der Waals surface area contributed by atoms with Gasteiger partial charge in [0.05, 0.1) is 17.4 Å². The molecule has 0 atom stereocenters. The smallest absolute Gasteiger partial charge is 0.410 e. The monoisotopic (exact) mass is 346 g/mol. The van der Waals surface area contributed by atoms with E-state index in [0.29, 0.717) is 31.7 Å². The molecule has 0 aromatic heterocycles. The van der Waals surface area contributed by atoms with E-state index in [0.717, 1.165) is 5.69 Å². The van der Waals surface area contributed by atoms with Crippen molar-refractivity contribution in [2.75, 3.05) is 31.1 Å². The van der Waals surface area contributed by atoms with Gasteiger partial charge in [-0.05, 0) is 32.9 Å². The molecule has 0 spiro atoms. The third kappa shape index (κ3) is 4.83. The van der Waals surface area contributed by atoms with E-state index in [2.05, 4.69) is 0 Å². The van der Waals surface area contributed by atoms with Gasteiger partial charge in [-0.25, -0.2) is 4.79 Å². The first kappa shape index (κ1) is 18.5. The van der Waals surface area contributed by atoms with Crippen molar-refractivity contribution < 1.29 is 14.5 Å². The van der Waals surface area contributed by atoms with Crippen molar-refractivity contribution in [3.05, 3.63) is 33.9 Å². The van der Waals surface area contributed by atoms with Crippen molar-refractivity contribution in [3.63, 3.8) is 0 Å². The van der Waals surface area contributed by atoms with Gasteiger partial charge in [0.15, 0.2) is 0 Å². The highest BCUT2D eigenvalue weighted by Crippen LogP contribution is 2.26. The Morgan fingerprint density at radius 1 is 1.32 bits per heavy atom. The van der Waals surface area contributed by atoms with Crippen molar-refractivity contribution >= 4 is 17.5 Å². The van der Waals surface area contributed by atoms with Gasteiger partial charge in [-0.1, -0.05) is 0 Å². The second-order valence-corrected chi connectivity index (χ2v) is 6.86. The number of hydrogen-bond donors (Lipinski definition) is 0. The summed E-state index contributed by atoms with van der Waals surface area (Å²) in [7, 11) is 0. The summed E-state index contributed by atoms with van der Waals surface area (Å²) in [6.45, 7) is 7.71. The topological polar surface area (TPSA) is 99.7 Å². The number of rotatable bonds is 3. The fourth-order valence-electron chi connectivity index (χ4n) is 2.65. The molecule has 8 heteroatoms. The molecular formula is C17H22N4O4. The lowest BCUT2D eigenvalue weighted by Gasteiger charge is -2.36. The van der Waals surface area contributed by atoms with Gasteiger partial charge in [0.2, 0.25) is 0 Å². The summed E-state index contributed by atoms with van der Waals surface area (Å²) in [5.41, 5.74) is 0.649. The van der Waals surface area contributed by atoms with Crippen LogP contribution in [0.5, 0.6) is 0 Å². The van der Waals surface area contributed by atoms with Crippen molar-refractivity contribution in [2.45, 2.75) is 32.8 Å². The zero-order chi connectivity index (χ0) is 18.6. The first-order valence-corrected chi connectivity index (χ1v) is 8.08. The van der Waals surface area contributed by atoms with E-state index < -0.39 is 10.5 Å². The molecule has 0 N–H and O–H groups in total. The van der Waals surface area contributed by atoms with Gasteiger partial charge in [0.25, 0.3) is 5.69 Å². The lowest BCUT2D eigenvalue weighted by molar-refractivity contribution is -0.385. The molecule has 25 heavy (non-hydrogen) atoms. The Morgan fingerprint density at radius 3 is 2.48 bits per heavy atom. The number of nitro benzene ring substituents is 1. The Bertz CT molecular complexity index is 698. The second kappa shape index (κ2) is 7.38. The molecule has 1 saturated heterocycles. The number of carbonyl (C=O) groups excluding carboxylic acids is 1. The summed E-state index contributed by atoms with van der Waals surface area (Å²) in [6.07, 6.45) is -0.344. The van der Waals surface area contributed by atoms with Gasteiger partial charge in [0.1, 0.15) is 5.60 Å². The number of hydrogen-bond acceptors (Lipinski definition) is 6. The number of nitriles is 1. The number of nitro groups is 1. The molecule has 0 unspecified atom stereocenters. The summed E-state index contributed by atoms with van der Waals surface area (Å²) in [4.78, 5) is 26.4. The van der Waals surface area contributed by atoms with Crippen molar-refractivity contribution in [3.8, 4) is 6.07 Å². The Labute approximate surface area is 146 Å². The number of benzene rings is 1. The minimum absolute atomic E-state index is 0.0119. The molecule has 0 bridgehead atoms. The third-order valence-electron chi connectivity index (χ3n) is 3.83. The zero-order valence-corrected chi connectivity index (χ0v) is 14.7. The summed E-state index contributed by atoms with van der Waals surface area (Å²) < 4.78 is 5.37. The van der Waals surface area contributed by atoms with Crippen molar-refractivity contribution in [1.29, 1.82) is 5.26 Å². The number of nitrogens with zero attached hydrogens (tertiary/aromatic N) is 4. The van der Waals surface area contributed by atoms with Crippen LogP contribution in [-0.4, -0.2) is 47.7 Å². The van der Waals surface area contributed by atoms with E-state index in [1.165, 1.54) is 6.07 Å². The number of carbonyl (C=O) groups is 1. The fourth-order valence-corrected chi connectivity index (χ4v) is 2.65. The molecule has 134 valence electrons. The average Bonchev–Trinajstić information content (AvgIpc) is 2.53. The van der Waals surface area contributed by atoms with Crippen LogP contribution in [0.1, 0.15) is 26.3 Å². The van der Waals surface area contributed by atoms with Crippen LogP contribution in [0.25, 0.3) is 0 Å². The van der Waals surface area contributed by atoms with Gasteiger partial charge in [-0.3, -0.25) is 10.1 Å². The molecule has 0 radical (unpaired) electrons. The fraction of sp³-hybridized carbons (Fsp3) is 0.529. The summed E-state index contributed by atoms with van der Waals surface area (Å²) in [6, 6.07) is 6.76. The molecular weight excluding hydrogens is 324 g/mol. The third-order valence-corrected chi connectivity index (χ3v) is 3.83. The lowest BCUT2D eigenvalue weighted by atomic mass is 10.1. The summed E-state index contributed by atoms with van der Waals surface area (Å²) in [5.74, 6) is 0. The van der Waals surface area contributed by atoms with Gasteiger partial charge in [-0.2, -0.15) is 5.26 Å². The molecule has 0 saturated carbocycles. The minimum atomic E-state index is -0.529. The van der Waals surface area contributed by atoms with E-state index in [1.54, 1.807) is 17.0 Å². The molecule has 0 aliphatic carbocycles. The standard InChI is InChI=1S/C17H22N4O4/c1-17(2,3)25-16(22)20-10-8-19(9-11-20)14-4-5-15(21(23)24)13(12-14)6-7-18/h4-5,12H,6,8-11H2,1-3H3. The molecule has 1 aliphatic rings. The van der Waals surface area contributed by atoms with Crippen LogP contribution < -0.4 is 4.90 Å². The van der Waals surface area contributed by atoms with Crippen LogP contribution in [0, 0.1) is 21.4 Å². The molecule has 8 nitrogen and oxygen atoms in total. The SMILES string of the molecule is CC(C)(C)OC(=O)N1CCN(c2ccc([N+](=O)[O-])c(CC#N)c2)CC1. The number of piperazine rings is 1. The van der Waals surface area contributed by atoms with Gasteiger partial charge >= 0.3 is 6.09 Å².